The van der Waals surface area contributed by atoms with Gasteiger partial charge in [0.2, 0.25) is 4.96 Å². The van der Waals surface area contributed by atoms with E-state index in [0.29, 0.717) is 21.9 Å². The highest BCUT2D eigenvalue weighted by molar-refractivity contribution is 7.15. The molecule has 6 heteroatoms. The van der Waals surface area contributed by atoms with E-state index < -0.39 is 0 Å². The van der Waals surface area contributed by atoms with Crippen molar-refractivity contribution in [2.24, 2.45) is 0 Å². The summed E-state index contributed by atoms with van der Waals surface area (Å²) >= 11 is 1.34. The van der Waals surface area contributed by atoms with Crippen molar-refractivity contribution < 1.29 is 4.74 Å². The van der Waals surface area contributed by atoms with Gasteiger partial charge in [-0.1, -0.05) is 77.1 Å². The highest BCUT2D eigenvalue weighted by Crippen LogP contribution is 2.19. The molecule has 0 unspecified atom stereocenters. The molecule has 0 fully saturated rings. The SMILES string of the molecule is Cc1ccc(COc2ccc(/C=c3\sc4nnc(-c5cccc(C)c5)n4c3=O)cc2)cc1. The number of aryl methyl sites for hydroxylation is 2. The number of fused-ring (bicyclic) bond motifs is 1. The van der Waals surface area contributed by atoms with Crippen LogP contribution in [0, 0.1) is 13.8 Å². The van der Waals surface area contributed by atoms with Gasteiger partial charge in [-0.25, -0.2) is 4.40 Å². The summed E-state index contributed by atoms with van der Waals surface area (Å²) in [5.74, 6) is 1.36. The number of hydrogen-bond acceptors (Lipinski definition) is 5. The monoisotopic (exact) mass is 439 g/mol. The second-order valence-corrected chi connectivity index (χ2v) is 8.78. The Balaban J connectivity index is 1.40. The first-order chi connectivity index (χ1) is 15.6. The van der Waals surface area contributed by atoms with Gasteiger partial charge in [0, 0.05) is 5.56 Å². The summed E-state index contributed by atoms with van der Waals surface area (Å²) in [6.07, 6.45) is 1.88. The van der Waals surface area contributed by atoms with Crippen molar-refractivity contribution in [1.82, 2.24) is 14.6 Å². The number of rotatable bonds is 5. The van der Waals surface area contributed by atoms with E-state index >= 15 is 0 Å². The number of ether oxygens (including phenoxy) is 1. The van der Waals surface area contributed by atoms with E-state index in [0.717, 1.165) is 28.0 Å². The third-order valence-corrected chi connectivity index (χ3v) is 6.19. The molecule has 158 valence electrons. The van der Waals surface area contributed by atoms with Gasteiger partial charge in [-0.15, -0.1) is 10.2 Å². The fourth-order valence-corrected chi connectivity index (χ4v) is 4.41. The second kappa shape index (κ2) is 8.40. The molecule has 2 aromatic heterocycles. The average molecular weight is 440 g/mol. The minimum Gasteiger partial charge on any atom is -0.489 e. The molecule has 32 heavy (non-hydrogen) atoms. The molecular formula is C26H21N3O2S. The zero-order valence-electron chi connectivity index (χ0n) is 17.8. The maximum atomic E-state index is 13.1. The zero-order chi connectivity index (χ0) is 22.1. The summed E-state index contributed by atoms with van der Waals surface area (Å²) in [6, 6.07) is 24.0. The van der Waals surface area contributed by atoms with Gasteiger partial charge in [0.1, 0.15) is 12.4 Å². The number of benzene rings is 3. The molecule has 0 radical (unpaired) electrons. The van der Waals surface area contributed by atoms with Crippen LogP contribution in [-0.2, 0) is 6.61 Å². The van der Waals surface area contributed by atoms with E-state index in [9.17, 15) is 4.79 Å². The standard InChI is InChI=1S/C26H21N3O2S/c1-17-6-8-20(9-7-17)16-31-22-12-10-19(11-13-22)15-23-25(30)29-24(27-28-26(29)32-23)21-5-3-4-18(2)14-21/h3-15H,16H2,1-2H3/b23-15-. The topological polar surface area (TPSA) is 56.5 Å². The first kappa shape index (κ1) is 20.2. The molecular weight excluding hydrogens is 418 g/mol. The third kappa shape index (κ3) is 4.05. The van der Waals surface area contributed by atoms with E-state index in [4.69, 9.17) is 4.74 Å². The molecule has 5 aromatic rings. The molecule has 0 saturated heterocycles. The summed E-state index contributed by atoms with van der Waals surface area (Å²) in [5.41, 5.74) is 5.18. The highest BCUT2D eigenvalue weighted by Gasteiger charge is 2.14. The number of hydrogen-bond donors (Lipinski definition) is 0. The first-order valence-electron chi connectivity index (χ1n) is 10.3. The summed E-state index contributed by atoms with van der Waals surface area (Å²) in [6.45, 7) is 4.60. The predicted molar refractivity (Wildman–Crippen MR) is 128 cm³/mol. The van der Waals surface area contributed by atoms with Crippen molar-refractivity contribution in [3.8, 4) is 17.1 Å². The normalized spacial score (nSPS) is 11.9. The van der Waals surface area contributed by atoms with Crippen LogP contribution >= 0.6 is 11.3 Å². The molecule has 0 saturated carbocycles. The molecule has 0 aliphatic carbocycles. The predicted octanol–water partition coefficient (Wildman–Crippen LogP) is 4.56. The fourth-order valence-electron chi connectivity index (χ4n) is 3.50. The van der Waals surface area contributed by atoms with Crippen LogP contribution in [0.15, 0.2) is 77.6 Å². The van der Waals surface area contributed by atoms with Crippen molar-refractivity contribution >= 4 is 22.4 Å². The van der Waals surface area contributed by atoms with Crippen LogP contribution in [0.4, 0.5) is 0 Å². The van der Waals surface area contributed by atoms with Crippen LogP contribution in [0.1, 0.15) is 22.3 Å². The van der Waals surface area contributed by atoms with E-state index in [2.05, 4.69) is 41.4 Å². The third-order valence-electron chi connectivity index (χ3n) is 5.23. The van der Waals surface area contributed by atoms with Gasteiger partial charge in [-0.3, -0.25) is 4.79 Å². The number of thiazole rings is 1. The van der Waals surface area contributed by atoms with Crippen molar-refractivity contribution in [2.45, 2.75) is 20.5 Å². The summed E-state index contributed by atoms with van der Waals surface area (Å²) in [7, 11) is 0. The largest absolute Gasteiger partial charge is 0.489 e. The summed E-state index contributed by atoms with van der Waals surface area (Å²) in [4.78, 5) is 13.7. The Morgan fingerprint density at radius 3 is 2.47 bits per heavy atom. The molecule has 0 aliphatic rings. The lowest BCUT2D eigenvalue weighted by atomic mass is 10.1. The van der Waals surface area contributed by atoms with E-state index in [1.165, 1.54) is 16.9 Å². The van der Waals surface area contributed by atoms with Gasteiger partial charge in [0.15, 0.2) is 5.82 Å². The number of aromatic nitrogens is 3. The highest BCUT2D eigenvalue weighted by atomic mass is 32.1. The Morgan fingerprint density at radius 2 is 1.72 bits per heavy atom. The lowest BCUT2D eigenvalue weighted by molar-refractivity contribution is 0.306. The van der Waals surface area contributed by atoms with Crippen LogP contribution in [0.5, 0.6) is 5.75 Å². The maximum Gasteiger partial charge on any atom is 0.276 e. The quantitative estimate of drug-likeness (QED) is 0.403. The van der Waals surface area contributed by atoms with Crippen LogP contribution in [-0.4, -0.2) is 14.6 Å². The van der Waals surface area contributed by atoms with Gasteiger partial charge in [-0.05, 0) is 49.2 Å². The van der Waals surface area contributed by atoms with Gasteiger partial charge in [0.25, 0.3) is 5.56 Å². The van der Waals surface area contributed by atoms with E-state index in [1.54, 1.807) is 4.40 Å². The van der Waals surface area contributed by atoms with Crippen LogP contribution < -0.4 is 14.8 Å². The van der Waals surface area contributed by atoms with Crippen LogP contribution in [0.3, 0.4) is 0 Å². The molecule has 5 nitrogen and oxygen atoms in total. The molecule has 0 spiro atoms. The minimum atomic E-state index is -0.105. The Labute approximate surface area is 189 Å². The Morgan fingerprint density at radius 1 is 0.938 bits per heavy atom. The Hall–Kier alpha value is -3.77. The summed E-state index contributed by atoms with van der Waals surface area (Å²) < 4.78 is 8.09. The molecule has 2 heterocycles. The second-order valence-electron chi connectivity index (χ2n) is 7.77. The Kier molecular flexibility index (Phi) is 5.29. The maximum absolute atomic E-state index is 13.1. The van der Waals surface area contributed by atoms with E-state index in [1.807, 2.05) is 61.5 Å². The molecule has 0 atom stereocenters. The van der Waals surface area contributed by atoms with Crippen molar-refractivity contribution in [3.63, 3.8) is 0 Å². The van der Waals surface area contributed by atoms with Crippen molar-refractivity contribution in [3.05, 3.63) is 110 Å². The lowest BCUT2D eigenvalue weighted by Crippen LogP contribution is -2.23. The molecule has 5 rings (SSSR count). The fraction of sp³-hybridized carbons (Fsp3) is 0.115. The summed E-state index contributed by atoms with van der Waals surface area (Å²) in [5, 5.41) is 8.44. The lowest BCUT2D eigenvalue weighted by Gasteiger charge is -2.06. The van der Waals surface area contributed by atoms with Crippen molar-refractivity contribution in [2.75, 3.05) is 0 Å². The van der Waals surface area contributed by atoms with E-state index in [-0.39, 0.29) is 5.56 Å². The molecule has 0 bridgehead atoms. The van der Waals surface area contributed by atoms with Gasteiger partial charge in [0.05, 0.1) is 4.53 Å². The molecule has 0 aliphatic heterocycles. The molecule has 0 amide bonds. The van der Waals surface area contributed by atoms with Gasteiger partial charge < -0.3 is 4.74 Å². The number of nitrogens with zero attached hydrogens (tertiary/aromatic N) is 3. The Bertz CT molecular complexity index is 1500. The first-order valence-corrected chi connectivity index (χ1v) is 11.1. The van der Waals surface area contributed by atoms with Gasteiger partial charge in [-0.2, -0.15) is 0 Å². The smallest absolute Gasteiger partial charge is 0.276 e. The average Bonchev–Trinajstić information content (AvgIpc) is 3.35. The molecule has 0 N–H and O–H groups in total. The molecule has 3 aromatic carbocycles. The van der Waals surface area contributed by atoms with Gasteiger partial charge >= 0.3 is 0 Å². The van der Waals surface area contributed by atoms with Crippen LogP contribution in [0.25, 0.3) is 22.4 Å². The van der Waals surface area contributed by atoms with Crippen molar-refractivity contribution in [1.29, 1.82) is 0 Å². The zero-order valence-corrected chi connectivity index (χ0v) is 18.6. The minimum absolute atomic E-state index is 0.105. The van der Waals surface area contributed by atoms with Crippen LogP contribution in [0.2, 0.25) is 0 Å².